The molecule has 0 aromatic heterocycles. The van der Waals surface area contributed by atoms with Crippen LogP contribution in [0.4, 0.5) is 13.2 Å². The molecule has 4 nitrogen and oxygen atoms in total. The number of fused-ring (bicyclic) bond motifs is 1. The highest BCUT2D eigenvalue weighted by Gasteiger charge is 2.30. The summed E-state index contributed by atoms with van der Waals surface area (Å²) < 4.78 is 48.2. The van der Waals surface area contributed by atoms with E-state index in [1.807, 2.05) is 13.0 Å². The first kappa shape index (κ1) is 17.1. The lowest BCUT2D eigenvalue weighted by atomic mass is 10.1. The second-order valence-electron chi connectivity index (χ2n) is 5.77. The molecule has 0 bridgehead atoms. The average Bonchev–Trinajstić information content (AvgIpc) is 3.01. The molecule has 1 aliphatic rings. The summed E-state index contributed by atoms with van der Waals surface area (Å²) in [7, 11) is 0. The molecule has 1 aliphatic heterocycles. The number of carbonyl (C=O) groups is 1. The molecule has 0 spiro atoms. The standard InChI is InChI=1S/C18H16F3NO3/c1-11(13-4-7-15-16(9-13)25-10-24-15)22-17(23)8-12-2-5-14(6-3-12)18(19,20)21/h2-7,9,11H,8,10H2,1H3,(H,22,23). The minimum atomic E-state index is -4.38. The topological polar surface area (TPSA) is 47.6 Å². The van der Waals surface area contributed by atoms with Crippen LogP contribution in [0, 0.1) is 0 Å². The fourth-order valence-corrected chi connectivity index (χ4v) is 2.56. The van der Waals surface area contributed by atoms with Crippen LogP contribution in [0.3, 0.4) is 0 Å². The number of amides is 1. The normalized spacial score (nSPS) is 14.2. The first-order valence-electron chi connectivity index (χ1n) is 7.68. The van der Waals surface area contributed by atoms with Gasteiger partial charge in [-0.05, 0) is 42.3 Å². The Morgan fingerprint density at radius 2 is 1.80 bits per heavy atom. The van der Waals surface area contributed by atoms with Crippen molar-refractivity contribution in [2.45, 2.75) is 25.6 Å². The lowest BCUT2D eigenvalue weighted by Crippen LogP contribution is -2.28. The average molecular weight is 351 g/mol. The second-order valence-corrected chi connectivity index (χ2v) is 5.77. The smallest absolute Gasteiger partial charge is 0.416 e. The van der Waals surface area contributed by atoms with Crippen LogP contribution in [0.2, 0.25) is 0 Å². The van der Waals surface area contributed by atoms with Crippen molar-refractivity contribution in [1.82, 2.24) is 5.32 Å². The monoisotopic (exact) mass is 351 g/mol. The Bertz CT molecular complexity index is 772. The van der Waals surface area contributed by atoms with Crippen LogP contribution < -0.4 is 14.8 Å². The van der Waals surface area contributed by atoms with Gasteiger partial charge in [0.2, 0.25) is 12.7 Å². The molecule has 1 amide bonds. The first-order valence-corrected chi connectivity index (χ1v) is 7.68. The van der Waals surface area contributed by atoms with Crippen LogP contribution >= 0.6 is 0 Å². The fourth-order valence-electron chi connectivity index (χ4n) is 2.56. The summed E-state index contributed by atoms with van der Waals surface area (Å²) in [4.78, 5) is 12.1. The number of halogens is 3. The van der Waals surface area contributed by atoms with Crippen molar-refractivity contribution in [2.75, 3.05) is 6.79 Å². The van der Waals surface area contributed by atoms with Crippen LogP contribution in [0.1, 0.15) is 29.7 Å². The van der Waals surface area contributed by atoms with Gasteiger partial charge < -0.3 is 14.8 Å². The molecule has 0 aliphatic carbocycles. The van der Waals surface area contributed by atoms with E-state index in [1.54, 1.807) is 12.1 Å². The van der Waals surface area contributed by atoms with E-state index in [1.165, 1.54) is 12.1 Å². The molecule has 1 atom stereocenters. The van der Waals surface area contributed by atoms with Gasteiger partial charge in [-0.15, -0.1) is 0 Å². The third kappa shape index (κ3) is 4.04. The van der Waals surface area contributed by atoms with E-state index in [-0.39, 0.29) is 25.2 Å². The Morgan fingerprint density at radius 1 is 1.12 bits per heavy atom. The van der Waals surface area contributed by atoms with Gasteiger partial charge in [0.25, 0.3) is 0 Å². The van der Waals surface area contributed by atoms with Crippen LogP contribution in [0.25, 0.3) is 0 Å². The van der Waals surface area contributed by atoms with Gasteiger partial charge in [0, 0.05) is 0 Å². The predicted molar refractivity (Wildman–Crippen MR) is 84.3 cm³/mol. The molecule has 1 heterocycles. The second kappa shape index (κ2) is 6.66. The van der Waals surface area contributed by atoms with E-state index in [2.05, 4.69) is 5.32 Å². The Labute approximate surface area is 142 Å². The van der Waals surface area contributed by atoms with Gasteiger partial charge in [-0.1, -0.05) is 18.2 Å². The Morgan fingerprint density at radius 3 is 2.48 bits per heavy atom. The number of ether oxygens (including phenoxy) is 2. The molecule has 1 unspecified atom stereocenters. The fraction of sp³-hybridized carbons (Fsp3) is 0.278. The molecule has 0 saturated heterocycles. The van der Waals surface area contributed by atoms with Crippen LogP contribution in [-0.2, 0) is 17.4 Å². The maximum Gasteiger partial charge on any atom is 0.416 e. The van der Waals surface area contributed by atoms with Crippen molar-refractivity contribution in [3.05, 3.63) is 59.2 Å². The molecular weight excluding hydrogens is 335 g/mol. The molecule has 0 radical (unpaired) electrons. The van der Waals surface area contributed by atoms with Gasteiger partial charge in [-0.3, -0.25) is 4.79 Å². The Hall–Kier alpha value is -2.70. The summed E-state index contributed by atoms with van der Waals surface area (Å²) in [6, 6.07) is 9.71. The summed E-state index contributed by atoms with van der Waals surface area (Å²) in [6.45, 7) is 2.00. The van der Waals surface area contributed by atoms with E-state index in [9.17, 15) is 18.0 Å². The van der Waals surface area contributed by atoms with Crippen LogP contribution in [-0.4, -0.2) is 12.7 Å². The van der Waals surface area contributed by atoms with Gasteiger partial charge in [0.05, 0.1) is 18.0 Å². The maximum atomic E-state index is 12.5. The molecular formula is C18H16F3NO3. The molecule has 7 heteroatoms. The van der Waals surface area contributed by atoms with Gasteiger partial charge in [-0.2, -0.15) is 13.2 Å². The minimum Gasteiger partial charge on any atom is -0.454 e. The van der Waals surface area contributed by atoms with Crippen LogP contribution in [0.5, 0.6) is 11.5 Å². The van der Waals surface area contributed by atoms with Gasteiger partial charge in [-0.25, -0.2) is 0 Å². The lowest BCUT2D eigenvalue weighted by molar-refractivity contribution is -0.137. The highest BCUT2D eigenvalue weighted by Crippen LogP contribution is 2.34. The Balaban J connectivity index is 1.60. The van der Waals surface area contributed by atoms with E-state index < -0.39 is 11.7 Å². The van der Waals surface area contributed by atoms with Gasteiger partial charge >= 0.3 is 6.18 Å². The van der Waals surface area contributed by atoms with E-state index in [0.29, 0.717) is 17.1 Å². The lowest BCUT2D eigenvalue weighted by Gasteiger charge is -2.15. The zero-order valence-corrected chi connectivity index (χ0v) is 13.4. The molecule has 3 rings (SSSR count). The summed E-state index contributed by atoms with van der Waals surface area (Å²) in [5.41, 5.74) is 0.638. The first-order chi connectivity index (χ1) is 11.8. The maximum absolute atomic E-state index is 12.5. The van der Waals surface area contributed by atoms with Crippen molar-refractivity contribution in [3.63, 3.8) is 0 Å². The van der Waals surface area contributed by atoms with E-state index in [4.69, 9.17) is 9.47 Å². The van der Waals surface area contributed by atoms with Crippen molar-refractivity contribution in [1.29, 1.82) is 0 Å². The molecule has 2 aromatic rings. The predicted octanol–water partition coefficient (Wildman–Crippen LogP) is 3.85. The van der Waals surface area contributed by atoms with E-state index in [0.717, 1.165) is 17.7 Å². The van der Waals surface area contributed by atoms with Crippen molar-refractivity contribution in [3.8, 4) is 11.5 Å². The third-order valence-electron chi connectivity index (χ3n) is 3.92. The number of benzene rings is 2. The number of hydrogen-bond acceptors (Lipinski definition) is 3. The summed E-state index contributed by atoms with van der Waals surface area (Å²) in [5, 5.41) is 2.82. The molecule has 132 valence electrons. The quantitative estimate of drug-likeness (QED) is 0.910. The van der Waals surface area contributed by atoms with Crippen LogP contribution in [0.15, 0.2) is 42.5 Å². The molecule has 25 heavy (non-hydrogen) atoms. The third-order valence-corrected chi connectivity index (χ3v) is 3.92. The van der Waals surface area contributed by atoms with E-state index >= 15 is 0 Å². The molecule has 0 saturated carbocycles. The number of carbonyl (C=O) groups excluding carboxylic acids is 1. The van der Waals surface area contributed by atoms with Crippen molar-refractivity contribution < 1.29 is 27.4 Å². The largest absolute Gasteiger partial charge is 0.454 e. The van der Waals surface area contributed by atoms with Gasteiger partial charge in [0.15, 0.2) is 11.5 Å². The number of rotatable bonds is 4. The zero-order valence-electron chi connectivity index (χ0n) is 13.4. The summed E-state index contributed by atoms with van der Waals surface area (Å²) in [6.07, 6.45) is -4.37. The van der Waals surface area contributed by atoms with Crippen molar-refractivity contribution >= 4 is 5.91 Å². The summed E-state index contributed by atoms with van der Waals surface area (Å²) in [5.74, 6) is 1.01. The number of nitrogens with one attached hydrogen (secondary N) is 1. The SMILES string of the molecule is CC(NC(=O)Cc1ccc(C(F)(F)F)cc1)c1ccc2c(c1)OCO2. The van der Waals surface area contributed by atoms with Crippen molar-refractivity contribution in [2.24, 2.45) is 0 Å². The molecule has 2 aromatic carbocycles. The number of hydrogen-bond donors (Lipinski definition) is 1. The highest BCUT2D eigenvalue weighted by atomic mass is 19.4. The molecule has 0 fully saturated rings. The highest BCUT2D eigenvalue weighted by molar-refractivity contribution is 5.79. The minimum absolute atomic E-state index is 0.00697. The summed E-state index contributed by atoms with van der Waals surface area (Å²) >= 11 is 0. The molecule has 1 N–H and O–H groups in total. The zero-order chi connectivity index (χ0) is 18.0. The number of alkyl halides is 3. The van der Waals surface area contributed by atoms with Gasteiger partial charge in [0.1, 0.15) is 0 Å². The Kier molecular flexibility index (Phi) is 4.57.